The second-order valence-corrected chi connectivity index (χ2v) is 3.58. The molecule has 0 heterocycles. The van der Waals surface area contributed by atoms with Crippen LogP contribution in [0.25, 0.3) is 0 Å². The van der Waals surface area contributed by atoms with E-state index < -0.39 is 0 Å². The molecule has 0 rings (SSSR count). The Morgan fingerprint density at radius 2 is 2.12 bits per heavy atom. The largest absolute Gasteiger partial charge is 0.383 e. The average molecular weight is 227 g/mol. The molecule has 0 aromatic carbocycles. The van der Waals surface area contributed by atoms with Crippen molar-refractivity contribution >= 4 is 5.91 Å². The molecule has 0 radical (unpaired) electrons. The lowest BCUT2D eigenvalue weighted by atomic mass is 10.3. The Balaban J connectivity index is 4.08. The Kier molecular flexibility index (Phi) is 8.49. The lowest BCUT2D eigenvalue weighted by molar-refractivity contribution is -0.131. The van der Waals surface area contributed by atoms with E-state index in [1.54, 1.807) is 19.1 Å². The van der Waals surface area contributed by atoms with Crippen molar-refractivity contribution in [1.82, 2.24) is 9.80 Å². The van der Waals surface area contributed by atoms with Gasteiger partial charge in [-0.2, -0.15) is 5.26 Å². The first-order chi connectivity index (χ1) is 7.65. The summed E-state index contributed by atoms with van der Waals surface area (Å²) in [6.07, 6.45) is 0.437. The number of methoxy groups -OCH3 is 1. The van der Waals surface area contributed by atoms with Crippen LogP contribution in [0.5, 0.6) is 0 Å². The molecule has 0 aliphatic carbocycles. The fourth-order valence-electron chi connectivity index (χ4n) is 1.19. The van der Waals surface area contributed by atoms with Gasteiger partial charge < -0.3 is 9.64 Å². The third-order valence-corrected chi connectivity index (χ3v) is 2.41. The molecule has 0 bridgehead atoms. The number of nitriles is 1. The number of nitrogens with zero attached hydrogens (tertiary/aromatic N) is 3. The quantitative estimate of drug-likeness (QED) is 0.599. The number of rotatable bonds is 8. The van der Waals surface area contributed by atoms with Crippen molar-refractivity contribution in [3.63, 3.8) is 0 Å². The van der Waals surface area contributed by atoms with Gasteiger partial charge in [-0.25, -0.2) is 0 Å². The minimum absolute atomic E-state index is 0.0801. The molecular formula is C11H21N3O2. The number of ether oxygens (including phenoxy) is 1. The van der Waals surface area contributed by atoms with Crippen molar-refractivity contribution in [3.05, 3.63) is 0 Å². The highest BCUT2D eigenvalue weighted by molar-refractivity contribution is 5.77. The lowest BCUT2D eigenvalue weighted by Gasteiger charge is -2.23. The monoisotopic (exact) mass is 227 g/mol. The first kappa shape index (κ1) is 14.9. The summed E-state index contributed by atoms with van der Waals surface area (Å²) in [5.74, 6) is 0.0801. The maximum Gasteiger partial charge on any atom is 0.236 e. The molecule has 0 aliphatic rings. The minimum Gasteiger partial charge on any atom is -0.383 e. The molecular weight excluding hydrogens is 206 g/mol. The third kappa shape index (κ3) is 6.38. The lowest BCUT2D eigenvalue weighted by Crippen LogP contribution is -2.40. The van der Waals surface area contributed by atoms with Gasteiger partial charge in [0.1, 0.15) is 0 Å². The zero-order valence-electron chi connectivity index (χ0n) is 10.4. The number of amides is 1. The summed E-state index contributed by atoms with van der Waals surface area (Å²) in [5.41, 5.74) is 0. The standard InChI is InChI=1S/C11H21N3O2/c1-4-13(2)11(15)10-14(7-5-6-12)8-9-16-3/h4-5,7-10H2,1-3H3. The summed E-state index contributed by atoms with van der Waals surface area (Å²) in [7, 11) is 3.41. The third-order valence-electron chi connectivity index (χ3n) is 2.41. The van der Waals surface area contributed by atoms with Gasteiger partial charge in [0.25, 0.3) is 0 Å². The summed E-state index contributed by atoms with van der Waals surface area (Å²) >= 11 is 0. The highest BCUT2D eigenvalue weighted by atomic mass is 16.5. The summed E-state index contributed by atoms with van der Waals surface area (Å²) in [6.45, 7) is 4.87. The molecule has 0 fully saturated rings. The highest BCUT2D eigenvalue weighted by Gasteiger charge is 2.12. The van der Waals surface area contributed by atoms with Crippen LogP contribution < -0.4 is 0 Å². The molecule has 0 unspecified atom stereocenters. The van der Waals surface area contributed by atoms with E-state index in [9.17, 15) is 4.79 Å². The van der Waals surface area contributed by atoms with Crippen LogP contribution in [-0.2, 0) is 9.53 Å². The zero-order chi connectivity index (χ0) is 12.4. The van der Waals surface area contributed by atoms with E-state index in [0.29, 0.717) is 39.2 Å². The molecule has 0 atom stereocenters. The van der Waals surface area contributed by atoms with Gasteiger partial charge in [0.2, 0.25) is 5.91 Å². The molecule has 5 nitrogen and oxygen atoms in total. The maximum absolute atomic E-state index is 11.7. The Morgan fingerprint density at radius 3 is 2.62 bits per heavy atom. The first-order valence-electron chi connectivity index (χ1n) is 5.47. The zero-order valence-corrected chi connectivity index (χ0v) is 10.4. The van der Waals surface area contributed by atoms with Crippen LogP contribution in [0.4, 0.5) is 0 Å². The summed E-state index contributed by atoms with van der Waals surface area (Å²) in [5, 5.41) is 8.53. The van der Waals surface area contributed by atoms with Gasteiger partial charge >= 0.3 is 0 Å². The smallest absolute Gasteiger partial charge is 0.236 e. The number of carbonyl (C=O) groups is 1. The Bertz CT molecular complexity index is 238. The molecule has 5 heteroatoms. The van der Waals surface area contributed by atoms with Crippen LogP contribution in [0, 0.1) is 11.3 Å². The van der Waals surface area contributed by atoms with Crippen molar-refractivity contribution in [3.8, 4) is 6.07 Å². The van der Waals surface area contributed by atoms with Crippen molar-refractivity contribution in [2.75, 3.05) is 46.9 Å². The predicted molar refractivity (Wildman–Crippen MR) is 61.9 cm³/mol. The van der Waals surface area contributed by atoms with Crippen molar-refractivity contribution in [2.45, 2.75) is 13.3 Å². The number of hydrogen-bond acceptors (Lipinski definition) is 4. The van der Waals surface area contributed by atoms with Crippen LogP contribution in [-0.4, -0.2) is 62.7 Å². The Hall–Kier alpha value is -1.12. The molecule has 0 aromatic rings. The molecule has 0 spiro atoms. The summed E-state index contributed by atoms with van der Waals surface area (Å²) < 4.78 is 4.97. The molecule has 16 heavy (non-hydrogen) atoms. The SMILES string of the molecule is CCN(C)C(=O)CN(CCC#N)CCOC. The molecule has 0 saturated heterocycles. The van der Waals surface area contributed by atoms with Crippen molar-refractivity contribution in [2.24, 2.45) is 0 Å². The van der Waals surface area contributed by atoms with Gasteiger partial charge in [-0.05, 0) is 6.92 Å². The molecule has 92 valence electrons. The maximum atomic E-state index is 11.7. The molecule has 1 amide bonds. The fraction of sp³-hybridized carbons (Fsp3) is 0.818. The normalized spacial score (nSPS) is 10.2. The minimum atomic E-state index is 0.0801. The van der Waals surface area contributed by atoms with E-state index in [1.165, 1.54) is 0 Å². The number of carbonyl (C=O) groups excluding carboxylic acids is 1. The van der Waals surface area contributed by atoms with Gasteiger partial charge in [0, 0.05) is 40.2 Å². The van der Waals surface area contributed by atoms with Gasteiger partial charge in [0.05, 0.1) is 19.2 Å². The molecule has 0 N–H and O–H groups in total. The van der Waals surface area contributed by atoms with Crippen molar-refractivity contribution < 1.29 is 9.53 Å². The van der Waals surface area contributed by atoms with Crippen LogP contribution in [0.1, 0.15) is 13.3 Å². The van der Waals surface area contributed by atoms with E-state index >= 15 is 0 Å². The Morgan fingerprint density at radius 1 is 1.44 bits per heavy atom. The number of hydrogen-bond donors (Lipinski definition) is 0. The average Bonchev–Trinajstić information content (AvgIpc) is 2.31. The van der Waals surface area contributed by atoms with E-state index in [4.69, 9.17) is 10.00 Å². The van der Waals surface area contributed by atoms with Gasteiger partial charge in [0.15, 0.2) is 0 Å². The molecule has 0 aliphatic heterocycles. The highest BCUT2D eigenvalue weighted by Crippen LogP contribution is 1.94. The van der Waals surface area contributed by atoms with Crippen LogP contribution in [0.2, 0.25) is 0 Å². The number of likely N-dealkylation sites (N-methyl/N-ethyl adjacent to an activating group) is 1. The first-order valence-corrected chi connectivity index (χ1v) is 5.47. The van der Waals surface area contributed by atoms with Gasteiger partial charge in [-0.15, -0.1) is 0 Å². The van der Waals surface area contributed by atoms with E-state index in [-0.39, 0.29) is 5.91 Å². The topological polar surface area (TPSA) is 56.6 Å². The van der Waals surface area contributed by atoms with Gasteiger partial charge in [-0.3, -0.25) is 9.69 Å². The fourth-order valence-corrected chi connectivity index (χ4v) is 1.19. The van der Waals surface area contributed by atoms with Crippen molar-refractivity contribution in [1.29, 1.82) is 5.26 Å². The van der Waals surface area contributed by atoms with Crippen LogP contribution >= 0.6 is 0 Å². The van der Waals surface area contributed by atoms with E-state index in [1.807, 2.05) is 11.8 Å². The molecule has 0 aromatic heterocycles. The van der Waals surface area contributed by atoms with E-state index in [2.05, 4.69) is 6.07 Å². The Labute approximate surface area is 97.6 Å². The van der Waals surface area contributed by atoms with Crippen LogP contribution in [0.3, 0.4) is 0 Å². The van der Waals surface area contributed by atoms with Gasteiger partial charge in [-0.1, -0.05) is 0 Å². The predicted octanol–water partition coefficient (Wildman–Crippen LogP) is 0.327. The second-order valence-electron chi connectivity index (χ2n) is 3.58. The van der Waals surface area contributed by atoms with Crippen LogP contribution in [0.15, 0.2) is 0 Å². The summed E-state index contributed by atoms with van der Waals surface area (Å²) in [6, 6.07) is 2.08. The molecule has 0 saturated carbocycles. The second kappa shape index (κ2) is 9.13. The summed E-state index contributed by atoms with van der Waals surface area (Å²) in [4.78, 5) is 15.3. The van der Waals surface area contributed by atoms with E-state index in [0.717, 1.165) is 0 Å².